The molecule has 160 valence electrons. The van der Waals surface area contributed by atoms with E-state index in [9.17, 15) is 15.3 Å². The van der Waals surface area contributed by atoms with Crippen LogP contribution in [-0.4, -0.2) is 45.5 Å². The Labute approximate surface area is 177 Å². The topological polar surface area (TPSA) is 73.2 Å². The van der Waals surface area contributed by atoms with Gasteiger partial charge in [-0.15, -0.1) is 0 Å². The standard InChI is InChI=1S/C25H31NO4/c27-20-7-8-24-21(14-20)22(28)15-25(30-24)9-11-26(12-10-25)16-23(29)19-6-5-17-3-1-2-4-18(17)13-19/h5-8,13-14,22-23,27-29H,1-4,9-12,15-16H2/t22-,23-/m0/s1. The fourth-order valence-corrected chi connectivity index (χ4v) is 5.39. The molecule has 5 nitrogen and oxygen atoms in total. The molecule has 2 atom stereocenters. The van der Waals surface area contributed by atoms with Gasteiger partial charge < -0.3 is 25.0 Å². The van der Waals surface area contributed by atoms with Crippen LogP contribution in [0.1, 0.15) is 66.6 Å². The first-order valence-corrected chi connectivity index (χ1v) is 11.2. The summed E-state index contributed by atoms with van der Waals surface area (Å²) in [5.41, 5.74) is 4.18. The number of ether oxygens (including phenoxy) is 1. The lowest BCUT2D eigenvalue weighted by Crippen LogP contribution is -2.51. The zero-order valence-corrected chi connectivity index (χ0v) is 17.4. The molecule has 2 heterocycles. The summed E-state index contributed by atoms with van der Waals surface area (Å²) in [6, 6.07) is 11.4. The van der Waals surface area contributed by atoms with E-state index in [4.69, 9.17) is 4.74 Å². The molecular weight excluding hydrogens is 378 g/mol. The van der Waals surface area contributed by atoms with Crippen LogP contribution in [0.5, 0.6) is 11.5 Å². The van der Waals surface area contributed by atoms with Crippen LogP contribution < -0.4 is 4.74 Å². The second-order valence-corrected chi connectivity index (χ2v) is 9.28. The van der Waals surface area contributed by atoms with E-state index in [2.05, 4.69) is 23.1 Å². The number of phenolic OH excluding ortho intramolecular Hbond substituents is 1. The molecule has 1 fully saturated rings. The van der Waals surface area contributed by atoms with Gasteiger partial charge in [-0.3, -0.25) is 0 Å². The Morgan fingerprint density at radius 1 is 1.03 bits per heavy atom. The van der Waals surface area contributed by atoms with Crippen LogP contribution in [0.4, 0.5) is 0 Å². The zero-order valence-electron chi connectivity index (χ0n) is 17.4. The van der Waals surface area contributed by atoms with Crippen molar-refractivity contribution in [2.45, 2.75) is 62.8 Å². The summed E-state index contributed by atoms with van der Waals surface area (Å²) in [5.74, 6) is 0.826. The first-order valence-electron chi connectivity index (χ1n) is 11.2. The van der Waals surface area contributed by atoms with Crippen molar-refractivity contribution < 1.29 is 20.1 Å². The molecule has 30 heavy (non-hydrogen) atoms. The molecule has 1 aliphatic carbocycles. The van der Waals surface area contributed by atoms with Crippen molar-refractivity contribution in [2.75, 3.05) is 19.6 Å². The Bertz CT molecular complexity index is 919. The van der Waals surface area contributed by atoms with Gasteiger partial charge in [0.15, 0.2) is 0 Å². The normalized spacial score (nSPS) is 24.0. The number of aryl methyl sites for hydroxylation is 2. The Kier molecular flexibility index (Phi) is 5.21. The number of phenols is 1. The first-order chi connectivity index (χ1) is 14.5. The fourth-order valence-electron chi connectivity index (χ4n) is 5.39. The highest BCUT2D eigenvalue weighted by atomic mass is 16.5. The third-order valence-electron chi connectivity index (χ3n) is 7.20. The predicted octanol–water partition coefficient (Wildman–Crippen LogP) is 3.66. The maximum Gasteiger partial charge on any atom is 0.126 e. The Morgan fingerprint density at radius 2 is 1.80 bits per heavy atom. The van der Waals surface area contributed by atoms with Gasteiger partial charge >= 0.3 is 0 Å². The van der Waals surface area contributed by atoms with Gasteiger partial charge in [-0.2, -0.15) is 0 Å². The average molecular weight is 410 g/mol. The monoisotopic (exact) mass is 409 g/mol. The number of hydrogen-bond acceptors (Lipinski definition) is 5. The molecule has 2 aromatic rings. The van der Waals surface area contributed by atoms with Crippen molar-refractivity contribution in [1.29, 1.82) is 0 Å². The number of fused-ring (bicyclic) bond motifs is 2. The first kappa shape index (κ1) is 19.9. The minimum absolute atomic E-state index is 0.151. The van der Waals surface area contributed by atoms with Gasteiger partial charge in [0.25, 0.3) is 0 Å². The smallest absolute Gasteiger partial charge is 0.126 e. The van der Waals surface area contributed by atoms with Gasteiger partial charge in [0.1, 0.15) is 17.1 Å². The van der Waals surface area contributed by atoms with E-state index >= 15 is 0 Å². The number of piperidine rings is 1. The van der Waals surface area contributed by atoms with E-state index < -0.39 is 12.2 Å². The molecule has 0 amide bonds. The molecule has 0 unspecified atom stereocenters. The molecular formula is C25H31NO4. The maximum atomic E-state index is 10.8. The summed E-state index contributed by atoms with van der Waals surface area (Å²) in [6.45, 7) is 2.30. The number of aromatic hydroxyl groups is 1. The molecule has 0 radical (unpaired) electrons. The van der Waals surface area contributed by atoms with E-state index in [1.54, 1.807) is 18.2 Å². The third-order valence-corrected chi connectivity index (χ3v) is 7.20. The van der Waals surface area contributed by atoms with E-state index in [-0.39, 0.29) is 11.4 Å². The molecule has 3 N–H and O–H groups in total. The van der Waals surface area contributed by atoms with E-state index in [0.29, 0.717) is 24.3 Å². The summed E-state index contributed by atoms with van der Waals surface area (Å²) in [7, 11) is 0. The van der Waals surface area contributed by atoms with Crippen molar-refractivity contribution in [3.05, 3.63) is 58.7 Å². The number of hydrogen-bond donors (Lipinski definition) is 3. The second-order valence-electron chi connectivity index (χ2n) is 9.28. The Balaban J connectivity index is 1.22. The van der Waals surface area contributed by atoms with Gasteiger partial charge in [-0.05, 0) is 73.4 Å². The predicted molar refractivity (Wildman–Crippen MR) is 115 cm³/mol. The minimum atomic E-state index is -0.617. The van der Waals surface area contributed by atoms with Crippen molar-refractivity contribution in [2.24, 2.45) is 0 Å². The Hall–Kier alpha value is -2.08. The molecule has 1 spiro atoms. The Morgan fingerprint density at radius 3 is 2.60 bits per heavy atom. The summed E-state index contributed by atoms with van der Waals surface area (Å²) in [6.07, 6.45) is 5.90. The van der Waals surface area contributed by atoms with Crippen LogP contribution in [0.2, 0.25) is 0 Å². The highest BCUT2D eigenvalue weighted by Crippen LogP contribution is 2.45. The molecule has 5 rings (SSSR count). The highest BCUT2D eigenvalue weighted by Gasteiger charge is 2.43. The van der Waals surface area contributed by atoms with Crippen molar-refractivity contribution in [3.8, 4) is 11.5 Å². The SMILES string of the molecule is Oc1ccc2c(c1)[C@@H](O)CC1(CCN(C[C@H](O)c3ccc4c(c3)CCCC4)CC1)O2. The minimum Gasteiger partial charge on any atom is -0.508 e. The molecule has 0 saturated carbocycles. The van der Waals surface area contributed by atoms with Crippen LogP contribution in [0.15, 0.2) is 36.4 Å². The molecule has 2 aromatic carbocycles. The number of aliphatic hydroxyl groups is 2. The number of nitrogens with zero attached hydrogens (tertiary/aromatic N) is 1. The average Bonchev–Trinajstić information content (AvgIpc) is 2.76. The van der Waals surface area contributed by atoms with Crippen LogP contribution in [-0.2, 0) is 12.8 Å². The number of benzene rings is 2. The van der Waals surface area contributed by atoms with E-state index in [1.807, 2.05) is 0 Å². The van der Waals surface area contributed by atoms with Crippen molar-refractivity contribution in [1.82, 2.24) is 4.90 Å². The van der Waals surface area contributed by atoms with E-state index in [1.165, 1.54) is 24.0 Å². The van der Waals surface area contributed by atoms with E-state index in [0.717, 1.165) is 44.3 Å². The number of rotatable bonds is 3. The van der Waals surface area contributed by atoms with Crippen LogP contribution >= 0.6 is 0 Å². The van der Waals surface area contributed by atoms with Crippen LogP contribution in [0.3, 0.4) is 0 Å². The second kappa shape index (κ2) is 7.88. The number of likely N-dealkylation sites (tertiary alicyclic amines) is 1. The molecule has 0 aromatic heterocycles. The van der Waals surface area contributed by atoms with Crippen LogP contribution in [0.25, 0.3) is 0 Å². The molecule has 1 saturated heterocycles. The summed E-state index contributed by atoms with van der Waals surface area (Å²) in [4.78, 5) is 2.30. The zero-order chi connectivity index (χ0) is 20.7. The van der Waals surface area contributed by atoms with Gasteiger partial charge in [0.05, 0.1) is 12.2 Å². The summed E-state index contributed by atoms with van der Waals surface area (Å²) >= 11 is 0. The highest BCUT2D eigenvalue weighted by molar-refractivity contribution is 5.43. The molecule has 3 aliphatic rings. The van der Waals surface area contributed by atoms with Gasteiger partial charge in [0, 0.05) is 31.6 Å². The maximum absolute atomic E-state index is 10.8. The number of aliphatic hydroxyl groups excluding tert-OH is 2. The summed E-state index contributed by atoms with van der Waals surface area (Å²) in [5, 5.41) is 31.1. The molecule has 2 aliphatic heterocycles. The lowest BCUT2D eigenvalue weighted by molar-refractivity contribution is -0.0588. The lowest BCUT2D eigenvalue weighted by atomic mass is 9.81. The van der Waals surface area contributed by atoms with Gasteiger partial charge in [0.2, 0.25) is 0 Å². The van der Waals surface area contributed by atoms with Crippen molar-refractivity contribution in [3.63, 3.8) is 0 Å². The van der Waals surface area contributed by atoms with Gasteiger partial charge in [-0.1, -0.05) is 18.2 Å². The fraction of sp³-hybridized carbons (Fsp3) is 0.520. The van der Waals surface area contributed by atoms with Crippen molar-refractivity contribution >= 4 is 0 Å². The molecule has 5 heteroatoms. The van der Waals surface area contributed by atoms with Crippen LogP contribution in [0, 0.1) is 0 Å². The summed E-state index contributed by atoms with van der Waals surface area (Å²) < 4.78 is 6.33. The largest absolute Gasteiger partial charge is 0.508 e. The number of β-amino-alcohol motifs (C(OH)–C–C–N with tert-alkyl or cyclic N) is 1. The van der Waals surface area contributed by atoms with Gasteiger partial charge in [-0.25, -0.2) is 0 Å². The third kappa shape index (κ3) is 3.82. The quantitative estimate of drug-likeness (QED) is 0.722. The molecule has 0 bridgehead atoms. The lowest BCUT2D eigenvalue weighted by Gasteiger charge is -2.46.